The van der Waals surface area contributed by atoms with E-state index in [0.29, 0.717) is 16.4 Å². The largest absolute Gasteiger partial charge is 0.393 e. The monoisotopic (exact) mass is 368 g/mol. The first-order valence-corrected chi connectivity index (χ1v) is 8.17. The Morgan fingerprint density at radius 3 is 2.54 bits per heavy atom. The molecule has 3 aromatic rings. The fourth-order valence-corrected chi connectivity index (χ4v) is 2.37. The molecule has 5 N–H and O–H groups in total. The Hall–Kier alpha value is -3.32. The first-order chi connectivity index (χ1) is 12.5. The van der Waals surface area contributed by atoms with Gasteiger partial charge < -0.3 is 11.1 Å². The predicted molar refractivity (Wildman–Crippen MR) is 103 cm³/mol. The number of hydrazine groups is 1. The van der Waals surface area contributed by atoms with Crippen LogP contribution in [0.1, 0.15) is 15.9 Å². The molecule has 1 aromatic heterocycles. The predicted octanol–water partition coefficient (Wildman–Crippen LogP) is 3.52. The average molecular weight is 369 g/mol. The first kappa shape index (κ1) is 17.5. The summed E-state index contributed by atoms with van der Waals surface area (Å²) >= 11 is 5.82. The van der Waals surface area contributed by atoms with Gasteiger partial charge in [-0.15, -0.1) is 0 Å². The number of hydrogen-bond acceptors (Lipinski definition) is 6. The molecule has 0 saturated heterocycles. The molecule has 1 heterocycles. The third-order valence-corrected chi connectivity index (χ3v) is 3.82. The van der Waals surface area contributed by atoms with Crippen LogP contribution in [-0.2, 0) is 0 Å². The molecule has 0 aliphatic heterocycles. The van der Waals surface area contributed by atoms with Gasteiger partial charge in [0.1, 0.15) is 12.0 Å². The van der Waals surface area contributed by atoms with E-state index in [1.165, 1.54) is 6.33 Å². The number of aromatic nitrogens is 2. The number of rotatable bonds is 5. The normalized spacial score (nSPS) is 10.2. The van der Waals surface area contributed by atoms with E-state index in [9.17, 15) is 4.79 Å². The quantitative estimate of drug-likeness (QED) is 0.513. The minimum atomic E-state index is -0.340. The van der Waals surface area contributed by atoms with Crippen LogP contribution in [-0.4, -0.2) is 15.9 Å². The molecule has 0 atom stereocenters. The molecule has 0 unspecified atom stereocenters. The van der Waals surface area contributed by atoms with Gasteiger partial charge in [-0.3, -0.25) is 15.6 Å². The summed E-state index contributed by atoms with van der Waals surface area (Å²) in [6.45, 7) is 1.99. The number of nitrogens with two attached hydrogens (primary N) is 1. The van der Waals surface area contributed by atoms with Crippen molar-refractivity contribution in [3.05, 3.63) is 71.0 Å². The van der Waals surface area contributed by atoms with Gasteiger partial charge in [0.15, 0.2) is 11.6 Å². The molecule has 0 bridgehead atoms. The van der Waals surface area contributed by atoms with E-state index in [0.717, 1.165) is 11.3 Å². The summed E-state index contributed by atoms with van der Waals surface area (Å²) in [4.78, 5) is 20.3. The molecule has 0 aliphatic carbocycles. The van der Waals surface area contributed by atoms with Crippen LogP contribution in [0.3, 0.4) is 0 Å². The summed E-state index contributed by atoms with van der Waals surface area (Å²) < 4.78 is 0. The maximum absolute atomic E-state index is 12.1. The number of hydrogen-bond donors (Lipinski definition) is 4. The summed E-state index contributed by atoms with van der Waals surface area (Å²) in [5, 5.41) is 3.69. The number of carbonyl (C=O) groups excluding carboxylic acids is 1. The van der Waals surface area contributed by atoms with Gasteiger partial charge in [0.2, 0.25) is 0 Å². The lowest BCUT2D eigenvalue weighted by Gasteiger charge is -2.13. The lowest BCUT2D eigenvalue weighted by atomic mass is 10.2. The Balaban J connectivity index is 1.70. The van der Waals surface area contributed by atoms with Crippen molar-refractivity contribution in [2.24, 2.45) is 0 Å². The van der Waals surface area contributed by atoms with E-state index >= 15 is 0 Å². The third-order valence-electron chi connectivity index (χ3n) is 3.57. The zero-order valence-electron chi connectivity index (χ0n) is 14.0. The highest BCUT2D eigenvalue weighted by atomic mass is 35.5. The lowest BCUT2D eigenvalue weighted by molar-refractivity contribution is 0.0962. The van der Waals surface area contributed by atoms with Gasteiger partial charge >= 0.3 is 0 Å². The Labute approximate surface area is 155 Å². The van der Waals surface area contributed by atoms with E-state index < -0.39 is 0 Å². The zero-order chi connectivity index (χ0) is 18.5. The van der Waals surface area contributed by atoms with E-state index in [1.54, 1.807) is 24.3 Å². The number of aryl methyl sites for hydroxylation is 1. The van der Waals surface area contributed by atoms with Crippen LogP contribution in [0.2, 0.25) is 5.02 Å². The smallest absolute Gasteiger partial charge is 0.269 e. The molecular weight excluding hydrogens is 352 g/mol. The number of nitrogen functional groups attached to an aromatic ring is 1. The number of anilines is 4. The van der Waals surface area contributed by atoms with Gasteiger partial charge in [-0.2, -0.15) is 0 Å². The third kappa shape index (κ3) is 4.20. The molecule has 0 aliphatic rings. The molecule has 3 rings (SSSR count). The van der Waals surface area contributed by atoms with Gasteiger partial charge in [0.05, 0.1) is 0 Å². The Morgan fingerprint density at radius 2 is 1.81 bits per heavy atom. The number of halogens is 1. The molecule has 2 aromatic carbocycles. The maximum Gasteiger partial charge on any atom is 0.269 e. The van der Waals surface area contributed by atoms with Gasteiger partial charge in [-0.25, -0.2) is 9.97 Å². The molecule has 0 saturated carbocycles. The Morgan fingerprint density at radius 1 is 1.08 bits per heavy atom. The fraction of sp³-hybridized carbons (Fsp3) is 0.0556. The molecule has 1 amide bonds. The second-order valence-electron chi connectivity index (χ2n) is 5.57. The average Bonchev–Trinajstić information content (AvgIpc) is 2.63. The van der Waals surface area contributed by atoms with Crippen LogP contribution in [0.15, 0.2) is 54.9 Å². The number of carbonyl (C=O) groups is 1. The lowest BCUT2D eigenvalue weighted by Crippen LogP contribution is -2.30. The number of nitrogens with zero attached hydrogens (tertiary/aromatic N) is 2. The fourth-order valence-electron chi connectivity index (χ4n) is 2.24. The van der Waals surface area contributed by atoms with Crippen molar-refractivity contribution in [1.29, 1.82) is 0 Å². The standard InChI is InChI=1S/C18H17ClN6O/c1-11-3-2-4-14(9-11)23-16-15(20)17(22-10-21-16)24-25-18(26)12-5-7-13(19)8-6-12/h2-10H,20H2,1H3,(H,25,26)(H2,21,22,23,24). The van der Waals surface area contributed by atoms with Crippen molar-refractivity contribution < 1.29 is 4.79 Å². The molecule has 7 nitrogen and oxygen atoms in total. The van der Waals surface area contributed by atoms with Crippen molar-refractivity contribution >= 4 is 40.5 Å². The second-order valence-corrected chi connectivity index (χ2v) is 6.00. The van der Waals surface area contributed by atoms with Gasteiger partial charge in [-0.05, 0) is 48.9 Å². The van der Waals surface area contributed by atoms with E-state index in [1.807, 2.05) is 31.2 Å². The van der Waals surface area contributed by atoms with Crippen molar-refractivity contribution in [3.63, 3.8) is 0 Å². The van der Waals surface area contributed by atoms with Crippen molar-refractivity contribution in [3.8, 4) is 0 Å². The molecule has 0 spiro atoms. The van der Waals surface area contributed by atoms with Crippen molar-refractivity contribution in [2.45, 2.75) is 6.92 Å². The van der Waals surface area contributed by atoms with Crippen LogP contribution in [0.25, 0.3) is 0 Å². The van der Waals surface area contributed by atoms with E-state index in [-0.39, 0.29) is 17.4 Å². The minimum absolute atomic E-state index is 0.283. The molecule has 26 heavy (non-hydrogen) atoms. The van der Waals surface area contributed by atoms with E-state index in [4.69, 9.17) is 17.3 Å². The van der Waals surface area contributed by atoms with Crippen LogP contribution < -0.4 is 21.9 Å². The molecule has 0 fully saturated rings. The number of benzene rings is 2. The van der Waals surface area contributed by atoms with Crippen molar-refractivity contribution in [1.82, 2.24) is 15.4 Å². The Kier molecular flexibility index (Phi) is 5.19. The maximum atomic E-state index is 12.1. The van der Waals surface area contributed by atoms with Gasteiger partial charge in [0.25, 0.3) is 5.91 Å². The molecule has 132 valence electrons. The highest BCUT2D eigenvalue weighted by Gasteiger charge is 2.10. The molecule has 0 radical (unpaired) electrons. The van der Waals surface area contributed by atoms with E-state index in [2.05, 4.69) is 26.1 Å². The SMILES string of the molecule is Cc1cccc(Nc2ncnc(NNC(=O)c3ccc(Cl)cc3)c2N)c1. The molecule has 8 heteroatoms. The summed E-state index contributed by atoms with van der Waals surface area (Å²) in [6, 6.07) is 14.3. The van der Waals surface area contributed by atoms with Crippen LogP contribution in [0.4, 0.5) is 23.0 Å². The van der Waals surface area contributed by atoms with Gasteiger partial charge in [-0.1, -0.05) is 23.7 Å². The number of nitrogens with one attached hydrogen (secondary N) is 3. The summed E-state index contributed by atoms with van der Waals surface area (Å²) in [5.74, 6) is 0.388. The topological polar surface area (TPSA) is 105 Å². The van der Waals surface area contributed by atoms with Crippen LogP contribution in [0, 0.1) is 6.92 Å². The van der Waals surface area contributed by atoms with Gasteiger partial charge in [0, 0.05) is 16.3 Å². The Bertz CT molecular complexity index is 929. The number of amides is 1. The summed E-state index contributed by atoms with van der Waals surface area (Å²) in [7, 11) is 0. The van der Waals surface area contributed by atoms with Crippen molar-refractivity contribution in [2.75, 3.05) is 16.5 Å². The highest BCUT2D eigenvalue weighted by Crippen LogP contribution is 2.25. The summed E-state index contributed by atoms with van der Waals surface area (Å²) in [6.07, 6.45) is 1.35. The first-order valence-electron chi connectivity index (χ1n) is 7.79. The van der Waals surface area contributed by atoms with Crippen LogP contribution >= 0.6 is 11.6 Å². The highest BCUT2D eigenvalue weighted by molar-refractivity contribution is 6.30. The summed E-state index contributed by atoms with van der Waals surface area (Å²) in [5.41, 5.74) is 14.1. The molecular formula is C18H17ClN6O. The van der Waals surface area contributed by atoms with Crippen LogP contribution in [0.5, 0.6) is 0 Å². The second kappa shape index (κ2) is 7.71. The minimum Gasteiger partial charge on any atom is -0.393 e. The zero-order valence-corrected chi connectivity index (χ0v) is 14.7.